The number of sulfonamides is 1. The second kappa shape index (κ2) is 8.14. The summed E-state index contributed by atoms with van der Waals surface area (Å²) in [6.45, 7) is 6.02. The first-order chi connectivity index (χ1) is 10.4. The van der Waals surface area contributed by atoms with Gasteiger partial charge in [0.25, 0.3) is 0 Å². The minimum atomic E-state index is -3.70. The summed E-state index contributed by atoms with van der Waals surface area (Å²) in [6.07, 6.45) is 0.808. The molecule has 1 aromatic rings. The monoisotopic (exact) mass is 328 g/mol. The lowest BCUT2D eigenvalue weighted by atomic mass is 10.2. The Hall–Kier alpha value is -1.60. The Morgan fingerprint density at radius 1 is 1.32 bits per heavy atom. The van der Waals surface area contributed by atoms with Crippen molar-refractivity contribution in [2.24, 2.45) is 0 Å². The lowest BCUT2D eigenvalue weighted by Gasteiger charge is -2.20. The molecule has 0 heterocycles. The summed E-state index contributed by atoms with van der Waals surface area (Å²) in [5.74, 6) is 0.334. The van der Waals surface area contributed by atoms with E-state index >= 15 is 0 Å². The Morgan fingerprint density at radius 3 is 2.50 bits per heavy atom. The highest BCUT2D eigenvalue weighted by Crippen LogP contribution is 2.23. The van der Waals surface area contributed by atoms with E-state index in [0.29, 0.717) is 12.3 Å². The predicted octanol–water partition coefficient (Wildman–Crippen LogP) is 1.54. The highest BCUT2D eigenvalue weighted by molar-refractivity contribution is 7.89. The zero-order valence-electron chi connectivity index (χ0n) is 13.5. The number of rotatable bonds is 8. The molecule has 6 nitrogen and oxygen atoms in total. The molecule has 0 bridgehead atoms. The van der Waals surface area contributed by atoms with Crippen LogP contribution in [0.15, 0.2) is 23.1 Å². The zero-order valence-corrected chi connectivity index (χ0v) is 14.4. The Morgan fingerprint density at radius 2 is 2.00 bits per heavy atom. The summed E-state index contributed by atoms with van der Waals surface area (Å²) >= 11 is 0. The molecular formula is C15H24N2O4S. The van der Waals surface area contributed by atoms with Crippen molar-refractivity contribution in [2.75, 3.05) is 26.7 Å². The van der Waals surface area contributed by atoms with Gasteiger partial charge < -0.3 is 10.1 Å². The van der Waals surface area contributed by atoms with Gasteiger partial charge >= 0.3 is 0 Å². The van der Waals surface area contributed by atoms with Gasteiger partial charge in [0.1, 0.15) is 5.75 Å². The number of hydrogen-bond acceptors (Lipinski definition) is 4. The van der Waals surface area contributed by atoms with Crippen LogP contribution in [0.1, 0.15) is 25.8 Å². The molecule has 0 aliphatic heterocycles. The quantitative estimate of drug-likeness (QED) is 0.785. The molecule has 0 atom stereocenters. The Labute approximate surface area is 132 Å². The van der Waals surface area contributed by atoms with Gasteiger partial charge in [-0.2, -0.15) is 4.31 Å². The van der Waals surface area contributed by atoms with Gasteiger partial charge in [0.2, 0.25) is 15.9 Å². The van der Waals surface area contributed by atoms with Gasteiger partial charge in [0, 0.05) is 13.1 Å². The van der Waals surface area contributed by atoms with Gasteiger partial charge in [0.15, 0.2) is 0 Å². The van der Waals surface area contributed by atoms with E-state index in [9.17, 15) is 13.2 Å². The minimum Gasteiger partial charge on any atom is -0.496 e. The Kier molecular flexibility index (Phi) is 6.83. The number of nitrogens with one attached hydrogen (secondary N) is 1. The van der Waals surface area contributed by atoms with Crippen LogP contribution < -0.4 is 10.1 Å². The van der Waals surface area contributed by atoms with Crippen molar-refractivity contribution in [3.05, 3.63) is 23.8 Å². The van der Waals surface area contributed by atoms with Crippen LogP contribution >= 0.6 is 0 Å². The van der Waals surface area contributed by atoms with Gasteiger partial charge in [0.05, 0.1) is 18.6 Å². The predicted molar refractivity (Wildman–Crippen MR) is 85.5 cm³/mol. The van der Waals surface area contributed by atoms with Gasteiger partial charge in [-0.15, -0.1) is 0 Å². The smallest absolute Gasteiger partial charge is 0.243 e. The SMILES string of the molecule is CCCNC(=O)CN(CC)S(=O)(=O)c1ccc(OC)c(C)c1. The number of nitrogens with zero attached hydrogens (tertiary/aromatic N) is 1. The summed E-state index contributed by atoms with van der Waals surface area (Å²) in [5, 5.41) is 2.69. The van der Waals surface area contributed by atoms with Gasteiger partial charge in [-0.3, -0.25) is 4.79 Å². The Balaban J connectivity index is 2.99. The largest absolute Gasteiger partial charge is 0.496 e. The summed E-state index contributed by atoms with van der Waals surface area (Å²) in [6, 6.07) is 4.67. The fraction of sp³-hybridized carbons (Fsp3) is 0.533. The molecule has 0 saturated heterocycles. The van der Waals surface area contributed by atoms with E-state index in [1.54, 1.807) is 26.0 Å². The fourth-order valence-electron chi connectivity index (χ4n) is 2.01. The molecule has 0 spiro atoms. The summed E-state index contributed by atoms with van der Waals surface area (Å²) in [7, 11) is -2.17. The highest BCUT2D eigenvalue weighted by Gasteiger charge is 2.25. The maximum absolute atomic E-state index is 12.6. The third-order valence-electron chi connectivity index (χ3n) is 3.25. The second-order valence-electron chi connectivity index (χ2n) is 4.91. The number of aryl methyl sites for hydroxylation is 1. The minimum absolute atomic E-state index is 0.163. The molecule has 0 aromatic heterocycles. The molecule has 7 heteroatoms. The molecular weight excluding hydrogens is 304 g/mol. The first-order valence-electron chi connectivity index (χ1n) is 7.28. The molecule has 0 unspecified atom stereocenters. The van der Waals surface area contributed by atoms with E-state index in [4.69, 9.17) is 4.74 Å². The summed E-state index contributed by atoms with van der Waals surface area (Å²) in [4.78, 5) is 11.9. The molecule has 0 aliphatic carbocycles. The van der Waals surface area contributed by atoms with Crippen LogP contribution in [0, 0.1) is 6.92 Å². The van der Waals surface area contributed by atoms with Crippen molar-refractivity contribution in [3.63, 3.8) is 0 Å². The van der Waals surface area contributed by atoms with Crippen LogP contribution in [0.5, 0.6) is 5.75 Å². The second-order valence-corrected chi connectivity index (χ2v) is 6.85. The van der Waals surface area contributed by atoms with Crippen molar-refractivity contribution in [1.82, 2.24) is 9.62 Å². The molecule has 124 valence electrons. The average molecular weight is 328 g/mol. The molecule has 22 heavy (non-hydrogen) atoms. The van der Waals surface area contributed by atoms with E-state index in [1.807, 2.05) is 6.92 Å². The summed E-state index contributed by atoms with van der Waals surface area (Å²) < 4.78 is 31.6. The van der Waals surface area contributed by atoms with Crippen LogP contribution in [0.4, 0.5) is 0 Å². The molecule has 0 radical (unpaired) electrons. The first kappa shape index (κ1) is 18.4. The highest BCUT2D eigenvalue weighted by atomic mass is 32.2. The number of carbonyl (C=O) groups is 1. The van der Waals surface area contributed by atoms with Crippen LogP contribution in [-0.2, 0) is 14.8 Å². The lowest BCUT2D eigenvalue weighted by molar-refractivity contribution is -0.121. The molecule has 1 aromatic carbocycles. The van der Waals surface area contributed by atoms with Crippen molar-refractivity contribution in [3.8, 4) is 5.75 Å². The number of amides is 1. The lowest BCUT2D eigenvalue weighted by Crippen LogP contribution is -2.40. The molecule has 0 fully saturated rings. The third kappa shape index (κ3) is 4.45. The van der Waals surface area contributed by atoms with E-state index in [2.05, 4.69) is 5.32 Å². The molecule has 1 rings (SSSR count). The number of ether oxygens (including phenoxy) is 1. The number of likely N-dealkylation sites (N-methyl/N-ethyl adjacent to an activating group) is 1. The van der Waals surface area contributed by atoms with Gasteiger partial charge in [-0.25, -0.2) is 8.42 Å². The number of carbonyl (C=O) groups excluding carboxylic acids is 1. The zero-order chi connectivity index (χ0) is 16.8. The molecule has 1 N–H and O–H groups in total. The van der Waals surface area contributed by atoms with Crippen LogP contribution in [0.3, 0.4) is 0 Å². The van der Waals surface area contributed by atoms with Crippen LogP contribution in [0.25, 0.3) is 0 Å². The normalized spacial score (nSPS) is 11.5. The first-order valence-corrected chi connectivity index (χ1v) is 8.72. The maximum atomic E-state index is 12.6. The fourth-order valence-corrected chi connectivity index (χ4v) is 3.50. The topological polar surface area (TPSA) is 75.7 Å². The standard InChI is InChI=1S/C15H24N2O4S/c1-5-9-16-15(18)11-17(6-2)22(19,20)13-7-8-14(21-4)12(3)10-13/h7-8,10H,5-6,9,11H2,1-4H3,(H,16,18). The number of benzene rings is 1. The van der Waals surface area contributed by atoms with Gasteiger partial charge in [-0.05, 0) is 37.1 Å². The maximum Gasteiger partial charge on any atom is 0.243 e. The van der Waals surface area contributed by atoms with E-state index in [1.165, 1.54) is 17.5 Å². The Bertz CT molecular complexity index is 614. The molecule has 0 saturated carbocycles. The van der Waals surface area contributed by atoms with E-state index < -0.39 is 10.0 Å². The van der Waals surface area contributed by atoms with E-state index in [0.717, 1.165) is 12.0 Å². The van der Waals surface area contributed by atoms with Crippen molar-refractivity contribution in [2.45, 2.75) is 32.1 Å². The number of hydrogen-bond donors (Lipinski definition) is 1. The average Bonchev–Trinajstić information content (AvgIpc) is 2.50. The van der Waals surface area contributed by atoms with Crippen molar-refractivity contribution >= 4 is 15.9 Å². The molecule has 1 amide bonds. The number of methoxy groups -OCH3 is 1. The third-order valence-corrected chi connectivity index (χ3v) is 5.17. The van der Waals surface area contributed by atoms with Crippen LogP contribution in [0.2, 0.25) is 0 Å². The van der Waals surface area contributed by atoms with Crippen LogP contribution in [-0.4, -0.2) is 45.4 Å². The summed E-state index contributed by atoms with van der Waals surface area (Å²) in [5.41, 5.74) is 0.732. The van der Waals surface area contributed by atoms with Crippen molar-refractivity contribution < 1.29 is 17.9 Å². The van der Waals surface area contributed by atoms with Crippen molar-refractivity contribution in [1.29, 1.82) is 0 Å². The molecule has 0 aliphatic rings. The van der Waals surface area contributed by atoms with Gasteiger partial charge in [-0.1, -0.05) is 13.8 Å². The van der Waals surface area contributed by atoms with E-state index in [-0.39, 0.29) is 23.9 Å².